The number of piperidine rings is 1. The molecule has 0 radical (unpaired) electrons. The van der Waals surface area contributed by atoms with Crippen molar-refractivity contribution in [1.82, 2.24) is 15.1 Å². The van der Waals surface area contributed by atoms with Crippen molar-refractivity contribution < 1.29 is 38.5 Å². The summed E-state index contributed by atoms with van der Waals surface area (Å²) in [5.41, 5.74) is 1.29. The molecular weight excluding hydrogens is 506 g/mol. The van der Waals surface area contributed by atoms with Crippen molar-refractivity contribution in [2.45, 2.75) is 58.2 Å². The number of hydrogen-bond donors (Lipinski definition) is 2. The van der Waals surface area contributed by atoms with Gasteiger partial charge in [0.1, 0.15) is 11.6 Å². The Hall–Kier alpha value is -3.46. The van der Waals surface area contributed by atoms with Gasteiger partial charge in [0.15, 0.2) is 0 Å². The fraction of sp³-hybridized carbons (Fsp3) is 0.571. The van der Waals surface area contributed by atoms with Gasteiger partial charge in [-0.2, -0.15) is 0 Å². The third-order valence-electron chi connectivity index (χ3n) is 6.08. The first kappa shape index (κ1) is 30.1. The zero-order valence-corrected chi connectivity index (χ0v) is 22.8. The fourth-order valence-corrected chi connectivity index (χ4v) is 4.23. The van der Waals surface area contributed by atoms with Crippen molar-refractivity contribution in [3.8, 4) is 11.8 Å². The number of fused-ring (bicyclic) bond motifs is 1. The lowest BCUT2D eigenvalue weighted by Gasteiger charge is -2.29. The summed E-state index contributed by atoms with van der Waals surface area (Å²) in [6, 6.07) is 4.61. The second-order valence-electron chi connectivity index (χ2n) is 10.2. The third kappa shape index (κ3) is 8.78. The smallest absolute Gasteiger partial charge is 0.410 e. The first-order chi connectivity index (χ1) is 18.6. The molecule has 1 unspecified atom stereocenters. The highest BCUT2D eigenvalue weighted by molar-refractivity contribution is 6.05. The van der Waals surface area contributed by atoms with Crippen molar-refractivity contribution in [1.29, 1.82) is 0 Å². The molecule has 11 heteroatoms. The van der Waals surface area contributed by atoms with Crippen LogP contribution < -0.4 is 5.32 Å². The minimum atomic E-state index is -0.686. The number of aliphatic hydroxyl groups is 1. The first-order valence-electron chi connectivity index (χ1n) is 13.1. The van der Waals surface area contributed by atoms with Crippen molar-refractivity contribution in [3.05, 3.63) is 34.9 Å². The van der Waals surface area contributed by atoms with Gasteiger partial charge in [-0.25, -0.2) is 4.79 Å². The average Bonchev–Trinajstić information content (AvgIpc) is 3.20. The second kappa shape index (κ2) is 14.1. The van der Waals surface area contributed by atoms with Crippen molar-refractivity contribution in [3.63, 3.8) is 0 Å². The maximum absolute atomic E-state index is 13.0. The molecule has 0 aromatic heterocycles. The Morgan fingerprint density at radius 3 is 2.56 bits per heavy atom. The zero-order chi connectivity index (χ0) is 28.4. The lowest BCUT2D eigenvalue weighted by Crippen LogP contribution is -2.52. The number of nitrogens with one attached hydrogen (secondary N) is 1. The van der Waals surface area contributed by atoms with E-state index in [1.165, 1.54) is 9.80 Å². The minimum Gasteiger partial charge on any atom is -0.444 e. The molecule has 1 aromatic carbocycles. The average molecular weight is 544 g/mol. The van der Waals surface area contributed by atoms with Gasteiger partial charge in [-0.3, -0.25) is 19.7 Å². The number of amides is 4. The van der Waals surface area contributed by atoms with E-state index in [9.17, 15) is 19.2 Å². The van der Waals surface area contributed by atoms with Gasteiger partial charge in [0, 0.05) is 43.6 Å². The van der Waals surface area contributed by atoms with Gasteiger partial charge >= 0.3 is 6.09 Å². The number of carbonyl (C=O) groups excluding carboxylic acids is 4. The highest BCUT2D eigenvalue weighted by Gasteiger charge is 2.39. The topological polar surface area (TPSA) is 135 Å². The van der Waals surface area contributed by atoms with E-state index in [1.54, 1.807) is 32.9 Å². The molecule has 0 bridgehead atoms. The molecule has 2 aliphatic heterocycles. The minimum absolute atomic E-state index is 0.0480. The summed E-state index contributed by atoms with van der Waals surface area (Å²) < 4.78 is 16.2. The predicted octanol–water partition coefficient (Wildman–Crippen LogP) is 1.45. The number of rotatable bonds is 11. The molecule has 0 aliphatic carbocycles. The van der Waals surface area contributed by atoms with Crippen LogP contribution in [-0.2, 0) is 30.3 Å². The lowest BCUT2D eigenvalue weighted by atomic mass is 10.0. The van der Waals surface area contributed by atoms with Crippen LogP contribution in [0.1, 0.15) is 61.5 Å². The van der Waals surface area contributed by atoms with E-state index in [4.69, 9.17) is 19.3 Å². The number of benzene rings is 1. The van der Waals surface area contributed by atoms with Gasteiger partial charge < -0.3 is 29.1 Å². The van der Waals surface area contributed by atoms with Gasteiger partial charge in [0.2, 0.25) is 11.8 Å². The van der Waals surface area contributed by atoms with Crippen molar-refractivity contribution >= 4 is 23.8 Å². The first-order valence-corrected chi connectivity index (χ1v) is 13.1. The fourth-order valence-electron chi connectivity index (χ4n) is 4.23. The lowest BCUT2D eigenvalue weighted by molar-refractivity contribution is -0.136. The summed E-state index contributed by atoms with van der Waals surface area (Å²) in [5, 5.41) is 11.0. The molecule has 1 aromatic rings. The normalized spacial score (nSPS) is 16.9. The summed E-state index contributed by atoms with van der Waals surface area (Å²) >= 11 is 0. The Bertz CT molecular complexity index is 1120. The number of hydrogen-bond acceptors (Lipinski definition) is 8. The van der Waals surface area contributed by atoms with E-state index in [-0.39, 0.29) is 38.0 Å². The van der Waals surface area contributed by atoms with E-state index in [2.05, 4.69) is 17.2 Å². The van der Waals surface area contributed by atoms with Crippen LogP contribution in [0, 0.1) is 11.8 Å². The summed E-state index contributed by atoms with van der Waals surface area (Å²) in [5.74, 6) is 5.17. The SMILES string of the molecule is CC(C)(C)OC(=O)N(CCC#Cc1cccc2c1CN(C1CCC(=O)NC1=O)C2=O)CCOCCOCCO. The number of carbonyl (C=O) groups is 4. The number of imide groups is 1. The predicted molar refractivity (Wildman–Crippen MR) is 141 cm³/mol. The number of aliphatic hydroxyl groups excluding tert-OH is 1. The quantitative estimate of drug-likeness (QED) is 0.243. The third-order valence-corrected chi connectivity index (χ3v) is 6.08. The van der Waals surface area contributed by atoms with E-state index < -0.39 is 23.6 Å². The van der Waals surface area contributed by atoms with Crippen LogP contribution in [0.5, 0.6) is 0 Å². The molecule has 4 amide bonds. The molecule has 1 fully saturated rings. The Kier molecular flexibility index (Phi) is 10.9. The summed E-state index contributed by atoms with van der Waals surface area (Å²) in [7, 11) is 0. The molecule has 2 aliphatic rings. The van der Waals surface area contributed by atoms with Gasteiger partial charge in [0.25, 0.3) is 5.91 Å². The largest absolute Gasteiger partial charge is 0.444 e. The van der Waals surface area contributed by atoms with E-state index >= 15 is 0 Å². The van der Waals surface area contributed by atoms with Crippen molar-refractivity contribution in [2.24, 2.45) is 0 Å². The van der Waals surface area contributed by atoms with Crippen LogP contribution in [0.2, 0.25) is 0 Å². The van der Waals surface area contributed by atoms with Crippen LogP contribution in [0.3, 0.4) is 0 Å². The Labute approximate surface area is 228 Å². The molecule has 3 rings (SSSR count). The number of nitrogens with zero attached hydrogens (tertiary/aromatic N) is 2. The molecule has 39 heavy (non-hydrogen) atoms. The molecule has 0 spiro atoms. The molecule has 1 saturated heterocycles. The maximum Gasteiger partial charge on any atom is 0.410 e. The summed E-state index contributed by atoms with van der Waals surface area (Å²) in [4.78, 5) is 52.6. The molecule has 2 N–H and O–H groups in total. The summed E-state index contributed by atoms with van der Waals surface area (Å²) in [6.07, 6.45) is 0.397. The standard InChI is InChI=1S/C28H37N3O8/c1-28(2,3)39-27(36)30(13-15-37-17-18-38-16-14-32)12-5-4-7-20-8-6-9-21-22(20)19-31(26(21)35)23-10-11-24(33)29-25(23)34/h6,8-9,23,32H,5,10-19H2,1-3H3,(H,29,33,34). The van der Waals surface area contributed by atoms with Crippen molar-refractivity contribution in [2.75, 3.05) is 46.1 Å². The monoisotopic (exact) mass is 543 g/mol. The van der Waals surface area contributed by atoms with E-state index in [0.29, 0.717) is 56.9 Å². The van der Waals surface area contributed by atoms with E-state index in [1.807, 2.05) is 6.07 Å². The summed E-state index contributed by atoms with van der Waals surface area (Å²) in [6.45, 7) is 7.46. The maximum atomic E-state index is 13.0. The molecule has 212 valence electrons. The van der Waals surface area contributed by atoms with Crippen LogP contribution in [0.15, 0.2) is 18.2 Å². The molecule has 0 saturated carbocycles. The Morgan fingerprint density at radius 1 is 1.13 bits per heavy atom. The van der Waals surface area contributed by atoms with Crippen LogP contribution in [-0.4, -0.2) is 96.5 Å². The van der Waals surface area contributed by atoms with Gasteiger partial charge in [-0.15, -0.1) is 0 Å². The highest BCUT2D eigenvalue weighted by Crippen LogP contribution is 2.29. The zero-order valence-electron chi connectivity index (χ0n) is 22.8. The van der Waals surface area contributed by atoms with E-state index in [0.717, 1.165) is 5.56 Å². The molecular formula is C28H37N3O8. The second-order valence-corrected chi connectivity index (χ2v) is 10.2. The van der Waals surface area contributed by atoms with Crippen LogP contribution in [0.25, 0.3) is 0 Å². The number of ether oxygens (including phenoxy) is 3. The van der Waals surface area contributed by atoms with Gasteiger partial charge in [-0.05, 0) is 44.9 Å². The molecule has 1 atom stereocenters. The molecule has 2 heterocycles. The highest BCUT2D eigenvalue weighted by atomic mass is 16.6. The van der Waals surface area contributed by atoms with Gasteiger partial charge in [-0.1, -0.05) is 17.9 Å². The Balaban J connectivity index is 1.60. The van der Waals surface area contributed by atoms with Crippen LogP contribution >= 0.6 is 0 Å². The van der Waals surface area contributed by atoms with Crippen LogP contribution in [0.4, 0.5) is 4.79 Å². The van der Waals surface area contributed by atoms with Gasteiger partial charge in [0.05, 0.1) is 33.0 Å². The molecule has 11 nitrogen and oxygen atoms in total. The Morgan fingerprint density at radius 2 is 1.87 bits per heavy atom.